The van der Waals surface area contributed by atoms with E-state index in [1.54, 1.807) is 12.1 Å². The van der Waals surface area contributed by atoms with Gasteiger partial charge in [-0.15, -0.1) is 0 Å². The SMILES string of the molecule is O=C(O)C1(NCc2cccc(Cl)c2F)CC1. The summed E-state index contributed by atoms with van der Waals surface area (Å²) >= 11 is 5.62. The van der Waals surface area contributed by atoms with Gasteiger partial charge in [0.25, 0.3) is 0 Å². The van der Waals surface area contributed by atoms with Crippen LogP contribution < -0.4 is 5.32 Å². The van der Waals surface area contributed by atoms with Gasteiger partial charge in [0.2, 0.25) is 0 Å². The number of hydrogen-bond acceptors (Lipinski definition) is 2. The Kier molecular flexibility index (Phi) is 2.86. The molecule has 0 heterocycles. The molecule has 2 rings (SSSR count). The molecule has 3 nitrogen and oxygen atoms in total. The second-order valence-electron chi connectivity index (χ2n) is 3.95. The number of carbonyl (C=O) groups is 1. The lowest BCUT2D eigenvalue weighted by molar-refractivity contribution is -0.140. The maximum Gasteiger partial charge on any atom is 0.323 e. The summed E-state index contributed by atoms with van der Waals surface area (Å²) < 4.78 is 13.5. The van der Waals surface area contributed by atoms with Gasteiger partial charge in [-0.25, -0.2) is 4.39 Å². The first-order valence-electron chi connectivity index (χ1n) is 4.96. The van der Waals surface area contributed by atoms with Crippen molar-refractivity contribution in [2.24, 2.45) is 0 Å². The average Bonchev–Trinajstić information content (AvgIpc) is 3.01. The molecule has 0 atom stereocenters. The smallest absolute Gasteiger partial charge is 0.323 e. The number of halogens is 2. The third-order valence-electron chi connectivity index (χ3n) is 2.81. The Balaban J connectivity index is 2.06. The highest BCUT2D eigenvalue weighted by Crippen LogP contribution is 2.36. The van der Waals surface area contributed by atoms with Crippen molar-refractivity contribution >= 4 is 17.6 Å². The zero-order chi connectivity index (χ0) is 11.8. The molecule has 16 heavy (non-hydrogen) atoms. The first-order valence-corrected chi connectivity index (χ1v) is 5.34. The Hall–Kier alpha value is -1.13. The van der Waals surface area contributed by atoms with Crippen LogP contribution in [0.5, 0.6) is 0 Å². The van der Waals surface area contributed by atoms with E-state index in [9.17, 15) is 9.18 Å². The highest BCUT2D eigenvalue weighted by atomic mass is 35.5. The number of hydrogen-bond donors (Lipinski definition) is 2. The topological polar surface area (TPSA) is 49.3 Å². The highest BCUT2D eigenvalue weighted by Gasteiger charge is 2.49. The molecule has 1 aliphatic carbocycles. The number of rotatable bonds is 4. The van der Waals surface area contributed by atoms with Crippen molar-refractivity contribution in [3.8, 4) is 0 Å². The van der Waals surface area contributed by atoms with Crippen LogP contribution >= 0.6 is 11.6 Å². The molecular weight excluding hydrogens is 233 g/mol. The predicted octanol–water partition coefficient (Wildman–Crippen LogP) is 2.19. The molecule has 1 aliphatic rings. The molecule has 0 radical (unpaired) electrons. The van der Waals surface area contributed by atoms with Gasteiger partial charge in [0.05, 0.1) is 5.02 Å². The summed E-state index contributed by atoms with van der Waals surface area (Å²) in [4.78, 5) is 10.9. The number of carboxylic acids is 1. The Labute approximate surface area is 97.2 Å². The van der Waals surface area contributed by atoms with Gasteiger partial charge < -0.3 is 5.11 Å². The van der Waals surface area contributed by atoms with Crippen LogP contribution in [0.4, 0.5) is 4.39 Å². The minimum Gasteiger partial charge on any atom is -0.480 e. The molecule has 1 aromatic carbocycles. The zero-order valence-electron chi connectivity index (χ0n) is 8.46. The zero-order valence-corrected chi connectivity index (χ0v) is 9.22. The van der Waals surface area contributed by atoms with E-state index in [1.165, 1.54) is 6.07 Å². The van der Waals surface area contributed by atoms with Crippen LogP contribution in [0.25, 0.3) is 0 Å². The number of aliphatic carboxylic acids is 1. The van der Waals surface area contributed by atoms with Gasteiger partial charge in [-0.3, -0.25) is 10.1 Å². The van der Waals surface area contributed by atoms with Crippen LogP contribution in [0.15, 0.2) is 18.2 Å². The maximum atomic E-state index is 13.5. The monoisotopic (exact) mass is 243 g/mol. The lowest BCUT2D eigenvalue weighted by atomic mass is 10.2. The van der Waals surface area contributed by atoms with Crippen molar-refractivity contribution in [3.05, 3.63) is 34.6 Å². The fourth-order valence-electron chi connectivity index (χ4n) is 1.54. The third kappa shape index (κ3) is 2.03. The van der Waals surface area contributed by atoms with Crippen LogP contribution in [0.3, 0.4) is 0 Å². The normalized spacial score (nSPS) is 17.1. The summed E-state index contributed by atoms with van der Waals surface area (Å²) in [5.41, 5.74) is -0.464. The standard InChI is InChI=1S/C11H11ClFNO2/c12-8-3-1-2-7(9(8)13)6-14-11(4-5-11)10(15)16/h1-3,14H,4-6H2,(H,15,16). The van der Waals surface area contributed by atoms with E-state index in [-0.39, 0.29) is 11.6 Å². The summed E-state index contributed by atoms with van der Waals surface area (Å²) in [5, 5.41) is 11.8. The number of benzene rings is 1. The molecule has 2 N–H and O–H groups in total. The van der Waals surface area contributed by atoms with Gasteiger partial charge in [0, 0.05) is 12.1 Å². The highest BCUT2D eigenvalue weighted by molar-refractivity contribution is 6.30. The Morgan fingerprint density at radius 2 is 2.25 bits per heavy atom. The van der Waals surface area contributed by atoms with Crippen LogP contribution in [-0.4, -0.2) is 16.6 Å². The molecule has 0 aliphatic heterocycles. The van der Waals surface area contributed by atoms with Crippen LogP contribution in [0.2, 0.25) is 5.02 Å². The van der Waals surface area contributed by atoms with Gasteiger partial charge in [-0.05, 0) is 18.9 Å². The van der Waals surface area contributed by atoms with Crippen molar-refractivity contribution in [2.75, 3.05) is 0 Å². The minimum absolute atomic E-state index is 0.0551. The fourth-order valence-corrected chi connectivity index (χ4v) is 1.73. The Morgan fingerprint density at radius 1 is 1.56 bits per heavy atom. The molecule has 1 aromatic rings. The first-order chi connectivity index (χ1) is 7.55. The summed E-state index contributed by atoms with van der Waals surface area (Å²) in [6.45, 7) is 0.179. The summed E-state index contributed by atoms with van der Waals surface area (Å²) in [6, 6.07) is 4.69. The molecule has 5 heteroatoms. The van der Waals surface area contributed by atoms with Gasteiger partial charge >= 0.3 is 5.97 Å². The van der Waals surface area contributed by atoms with Crippen molar-refractivity contribution in [1.29, 1.82) is 0 Å². The van der Waals surface area contributed by atoms with Crippen molar-refractivity contribution in [3.63, 3.8) is 0 Å². The van der Waals surface area contributed by atoms with E-state index in [1.807, 2.05) is 0 Å². The van der Waals surface area contributed by atoms with Crippen LogP contribution in [0, 0.1) is 5.82 Å². The van der Waals surface area contributed by atoms with Gasteiger partial charge in [0.15, 0.2) is 0 Å². The van der Waals surface area contributed by atoms with E-state index < -0.39 is 17.3 Å². The minimum atomic E-state index is -0.880. The summed E-state index contributed by atoms with van der Waals surface area (Å²) in [6.07, 6.45) is 1.18. The third-order valence-corrected chi connectivity index (χ3v) is 3.10. The predicted molar refractivity (Wildman–Crippen MR) is 57.9 cm³/mol. The molecule has 1 saturated carbocycles. The quantitative estimate of drug-likeness (QED) is 0.852. The number of nitrogens with one attached hydrogen (secondary N) is 1. The first kappa shape index (κ1) is 11.4. The van der Waals surface area contributed by atoms with Gasteiger partial charge in [0.1, 0.15) is 11.4 Å². The molecule has 86 valence electrons. The Bertz CT molecular complexity index is 432. The van der Waals surface area contributed by atoms with Crippen molar-refractivity contribution < 1.29 is 14.3 Å². The molecular formula is C11H11ClFNO2. The molecule has 0 spiro atoms. The van der Waals surface area contributed by atoms with Crippen LogP contribution in [-0.2, 0) is 11.3 Å². The Morgan fingerprint density at radius 3 is 2.81 bits per heavy atom. The molecule has 0 bridgehead atoms. The summed E-state index contributed by atoms with van der Waals surface area (Å²) in [7, 11) is 0. The van der Waals surface area contributed by atoms with Crippen LogP contribution in [0.1, 0.15) is 18.4 Å². The second kappa shape index (κ2) is 4.03. The second-order valence-corrected chi connectivity index (χ2v) is 4.36. The fraction of sp³-hybridized carbons (Fsp3) is 0.364. The molecule has 0 amide bonds. The maximum absolute atomic E-state index is 13.5. The van der Waals surface area contributed by atoms with Crippen molar-refractivity contribution in [2.45, 2.75) is 24.9 Å². The molecule has 1 fully saturated rings. The lowest BCUT2D eigenvalue weighted by Crippen LogP contribution is -2.38. The van der Waals surface area contributed by atoms with E-state index in [0.717, 1.165) is 0 Å². The van der Waals surface area contributed by atoms with E-state index in [2.05, 4.69) is 5.32 Å². The van der Waals surface area contributed by atoms with E-state index in [0.29, 0.717) is 18.4 Å². The largest absolute Gasteiger partial charge is 0.480 e. The average molecular weight is 244 g/mol. The van der Waals surface area contributed by atoms with Crippen molar-refractivity contribution in [1.82, 2.24) is 5.32 Å². The number of carboxylic acid groups (broad SMARTS) is 1. The molecule has 0 unspecified atom stereocenters. The lowest BCUT2D eigenvalue weighted by Gasteiger charge is -2.12. The molecule has 0 saturated heterocycles. The summed E-state index contributed by atoms with van der Waals surface area (Å²) in [5.74, 6) is -1.37. The van der Waals surface area contributed by atoms with E-state index in [4.69, 9.17) is 16.7 Å². The molecule has 0 aromatic heterocycles. The van der Waals surface area contributed by atoms with Gasteiger partial charge in [-0.1, -0.05) is 23.7 Å². The van der Waals surface area contributed by atoms with Gasteiger partial charge in [-0.2, -0.15) is 0 Å². The van der Waals surface area contributed by atoms with E-state index >= 15 is 0 Å².